The van der Waals surface area contributed by atoms with Crippen molar-refractivity contribution in [3.05, 3.63) is 53.2 Å². The maximum absolute atomic E-state index is 12.6. The lowest BCUT2D eigenvalue weighted by Crippen LogP contribution is -2.36. The Morgan fingerprint density at radius 1 is 1.25 bits per heavy atom. The number of hydrogen-bond acceptors (Lipinski definition) is 2. The van der Waals surface area contributed by atoms with Crippen LogP contribution in [0.2, 0.25) is 0 Å². The zero-order chi connectivity index (χ0) is 14.1. The summed E-state index contributed by atoms with van der Waals surface area (Å²) in [6.45, 7) is 4.22. The van der Waals surface area contributed by atoms with Crippen LogP contribution in [0.3, 0.4) is 0 Å². The fraction of sp³-hybridized carbons (Fsp3) is 0.312. The van der Waals surface area contributed by atoms with Gasteiger partial charge >= 0.3 is 0 Å². The Morgan fingerprint density at radius 2 is 2.00 bits per heavy atom. The maximum Gasteiger partial charge on any atom is 0.257 e. The predicted molar refractivity (Wildman–Crippen MR) is 79.4 cm³/mol. The van der Waals surface area contributed by atoms with Gasteiger partial charge in [-0.05, 0) is 30.5 Å². The molecule has 0 radical (unpaired) electrons. The van der Waals surface area contributed by atoms with E-state index in [1.807, 2.05) is 34.7 Å². The number of amides is 1. The van der Waals surface area contributed by atoms with Crippen molar-refractivity contribution in [3.8, 4) is 0 Å². The Kier molecular flexibility index (Phi) is 3.22. The molecule has 104 valence electrons. The van der Waals surface area contributed by atoms with Crippen molar-refractivity contribution in [2.75, 3.05) is 12.3 Å². The van der Waals surface area contributed by atoms with Crippen molar-refractivity contribution >= 4 is 11.7 Å². The summed E-state index contributed by atoms with van der Waals surface area (Å²) in [6, 6.07) is 10.1. The number of aromatic nitrogens is 1. The third-order valence-electron chi connectivity index (χ3n) is 4.00. The Morgan fingerprint density at radius 3 is 2.70 bits per heavy atom. The molecule has 0 unspecified atom stereocenters. The normalized spacial score (nSPS) is 14.2. The zero-order valence-electron chi connectivity index (χ0n) is 11.7. The molecule has 2 heterocycles. The molecular weight excluding hydrogens is 250 g/mol. The largest absolute Gasteiger partial charge is 0.384 e. The van der Waals surface area contributed by atoms with Gasteiger partial charge in [-0.3, -0.25) is 4.79 Å². The van der Waals surface area contributed by atoms with Crippen molar-refractivity contribution in [2.45, 2.75) is 26.4 Å². The lowest BCUT2D eigenvalue weighted by atomic mass is 9.99. The molecule has 0 atom stereocenters. The van der Waals surface area contributed by atoms with Crippen LogP contribution in [-0.4, -0.2) is 21.9 Å². The summed E-state index contributed by atoms with van der Waals surface area (Å²) >= 11 is 0. The van der Waals surface area contributed by atoms with Gasteiger partial charge in [0.1, 0.15) is 5.82 Å². The van der Waals surface area contributed by atoms with Crippen LogP contribution in [0.5, 0.6) is 0 Å². The summed E-state index contributed by atoms with van der Waals surface area (Å²) in [4.78, 5) is 14.5. The molecule has 0 saturated carbocycles. The number of fused-ring (bicyclic) bond motifs is 1. The number of nitrogens with zero attached hydrogens (tertiary/aromatic N) is 2. The van der Waals surface area contributed by atoms with Gasteiger partial charge in [-0.1, -0.05) is 24.3 Å². The summed E-state index contributed by atoms with van der Waals surface area (Å²) in [6.07, 6.45) is 2.79. The fourth-order valence-corrected chi connectivity index (χ4v) is 2.78. The van der Waals surface area contributed by atoms with Crippen molar-refractivity contribution in [3.63, 3.8) is 0 Å². The molecule has 1 aromatic heterocycles. The zero-order valence-corrected chi connectivity index (χ0v) is 11.7. The SMILES string of the molecule is CCn1ccc(C(=O)N2CCc3ccccc3C2)c1N. The Hall–Kier alpha value is -2.23. The van der Waals surface area contributed by atoms with Crippen LogP contribution >= 0.6 is 0 Å². The highest BCUT2D eigenvalue weighted by Crippen LogP contribution is 2.22. The highest BCUT2D eigenvalue weighted by molar-refractivity contribution is 5.98. The number of rotatable bonds is 2. The quantitative estimate of drug-likeness (QED) is 0.909. The van der Waals surface area contributed by atoms with Crippen molar-refractivity contribution < 1.29 is 4.79 Å². The van der Waals surface area contributed by atoms with E-state index in [4.69, 9.17) is 5.73 Å². The molecule has 1 amide bonds. The van der Waals surface area contributed by atoms with Gasteiger partial charge in [0.2, 0.25) is 0 Å². The molecule has 2 aromatic rings. The van der Waals surface area contributed by atoms with Crippen LogP contribution in [0, 0.1) is 0 Å². The predicted octanol–water partition coefficient (Wildman–Crippen LogP) is 2.29. The molecule has 3 rings (SSSR count). The second-order valence-corrected chi connectivity index (χ2v) is 5.15. The Bertz CT molecular complexity index is 645. The van der Waals surface area contributed by atoms with E-state index >= 15 is 0 Å². The minimum absolute atomic E-state index is 0.0317. The fourth-order valence-electron chi connectivity index (χ4n) is 2.78. The topological polar surface area (TPSA) is 51.3 Å². The first-order chi connectivity index (χ1) is 9.70. The molecule has 2 N–H and O–H groups in total. The molecule has 1 aliphatic rings. The third-order valence-corrected chi connectivity index (χ3v) is 4.00. The Balaban J connectivity index is 1.84. The Labute approximate surface area is 118 Å². The second kappa shape index (κ2) is 5.04. The van der Waals surface area contributed by atoms with Gasteiger partial charge in [0, 0.05) is 25.8 Å². The maximum atomic E-state index is 12.6. The molecule has 4 nitrogen and oxygen atoms in total. The van der Waals surface area contributed by atoms with E-state index < -0.39 is 0 Å². The molecule has 1 aromatic carbocycles. The lowest BCUT2D eigenvalue weighted by molar-refractivity contribution is 0.0736. The number of carbonyl (C=O) groups is 1. The van der Waals surface area contributed by atoms with Crippen molar-refractivity contribution in [1.82, 2.24) is 9.47 Å². The molecule has 4 heteroatoms. The van der Waals surface area contributed by atoms with Gasteiger partial charge in [-0.2, -0.15) is 0 Å². The van der Waals surface area contributed by atoms with Crippen LogP contribution in [0.15, 0.2) is 36.5 Å². The molecule has 0 bridgehead atoms. The van der Waals surface area contributed by atoms with Crippen LogP contribution in [0.25, 0.3) is 0 Å². The van der Waals surface area contributed by atoms with Gasteiger partial charge in [-0.25, -0.2) is 0 Å². The van der Waals surface area contributed by atoms with Crippen LogP contribution in [0.1, 0.15) is 28.4 Å². The van der Waals surface area contributed by atoms with Gasteiger partial charge in [0.05, 0.1) is 5.56 Å². The number of anilines is 1. The summed E-state index contributed by atoms with van der Waals surface area (Å²) < 4.78 is 1.89. The summed E-state index contributed by atoms with van der Waals surface area (Å²) in [5.41, 5.74) is 9.23. The van der Waals surface area contributed by atoms with E-state index in [0.29, 0.717) is 17.9 Å². The first-order valence-electron chi connectivity index (χ1n) is 7.01. The second-order valence-electron chi connectivity index (χ2n) is 5.15. The molecule has 1 aliphatic heterocycles. The standard InChI is InChI=1S/C16H19N3O/c1-2-18-10-8-14(15(18)17)16(20)19-9-7-12-5-3-4-6-13(12)11-19/h3-6,8,10H,2,7,9,11,17H2,1H3. The molecule has 0 spiro atoms. The lowest BCUT2D eigenvalue weighted by Gasteiger charge is -2.28. The average Bonchev–Trinajstić information content (AvgIpc) is 2.87. The monoisotopic (exact) mass is 269 g/mol. The molecular formula is C16H19N3O. The highest BCUT2D eigenvalue weighted by Gasteiger charge is 2.23. The summed E-state index contributed by atoms with van der Waals surface area (Å²) in [5.74, 6) is 0.598. The molecule has 0 fully saturated rings. The number of aryl methyl sites for hydroxylation is 1. The highest BCUT2D eigenvalue weighted by atomic mass is 16.2. The smallest absolute Gasteiger partial charge is 0.257 e. The van der Waals surface area contributed by atoms with Crippen LogP contribution in [0.4, 0.5) is 5.82 Å². The van der Waals surface area contributed by atoms with Gasteiger partial charge in [0.25, 0.3) is 5.91 Å². The number of nitrogen functional groups attached to an aromatic ring is 1. The van der Waals surface area contributed by atoms with E-state index in [-0.39, 0.29) is 5.91 Å². The summed E-state index contributed by atoms with van der Waals surface area (Å²) in [5, 5.41) is 0. The summed E-state index contributed by atoms with van der Waals surface area (Å²) in [7, 11) is 0. The molecule has 0 saturated heterocycles. The number of nitrogens with two attached hydrogens (primary N) is 1. The number of benzene rings is 1. The van der Waals surface area contributed by atoms with Gasteiger partial charge < -0.3 is 15.2 Å². The van der Waals surface area contributed by atoms with E-state index in [9.17, 15) is 4.79 Å². The van der Waals surface area contributed by atoms with Gasteiger partial charge in [0.15, 0.2) is 0 Å². The van der Waals surface area contributed by atoms with Gasteiger partial charge in [-0.15, -0.1) is 0 Å². The number of carbonyl (C=O) groups excluding carboxylic acids is 1. The first-order valence-corrected chi connectivity index (χ1v) is 7.01. The van der Waals surface area contributed by atoms with Crippen LogP contribution < -0.4 is 5.73 Å². The number of hydrogen-bond donors (Lipinski definition) is 1. The van der Waals surface area contributed by atoms with E-state index in [1.54, 1.807) is 0 Å². The van der Waals surface area contributed by atoms with E-state index in [2.05, 4.69) is 18.2 Å². The average molecular weight is 269 g/mol. The van der Waals surface area contributed by atoms with Crippen LogP contribution in [-0.2, 0) is 19.5 Å². The van der Waals surface area contributed by atoms with E-state index in [1.165, 1.54) is 11.1 Å². The minimum atomic E-state index is 0.0317. The first kappa shape index (κ1) is 12.8. The van der Waals surface area contributed by atoms with E-state index in [0.717, 1.165) is 19.5 Å². The minimum Gasteiger partial charge on any atom is -0.384 e. The molecule has 20 heavy (non-hydrogen) atoms. The van der Waals surface area contributed by atoms with Crippen molar-refractivity contribution in [2.24, 2.45) is 0 Å². The van der Waals surface area contributed by atoms with Crippen molar-refractivity contribution in [1.29, 1.82) is 0 Å². The molecule has 0 aliphatic carbocycles. The third kappa shape index (κ3) is 2.07.